The summed E-state index contributed by atoms with van der Waals surface area (Å²) >= 11 is 0. The number of hydrogen-bond acceptors (Lipinski definition) is 3. The highest BCUT2D eigenvalue weighted by molar-refractivity contribution is 6.08. The molecule has 150 valence electrons. The molecule has 0 spiro atoms. The number of carbonyl (C=O) groups is 1. The highest BCUT2D eigenvalue weighted by atomic mass is 16.1. The van der Waals surface area contributed by atoms with Crippen molar-refractivity contribution in [1.82, 2.24) is 9.38 Å². The molecule has 0 atom stereocenters. The van der Waals surface area contributed by atoms with Crippen LogP contribution in [-0.4, -0.2) is 15.3 Å². The molecule has 0 saturated heterocycles. The van der Waals surface area contributed by atoms with Gasteiger partial charge in [-0.15, -0.1) is 0 Å². The Morgan fingerprint density at radius 3 is 2.53 bits per heavy atom. The van der Waals surface area contributed by atoms with E-state index in [1.807, 2.05) is 60.8 Å². The summed E-state index contributed by atoms with van der Waals surface area (Å²) < 4.78 is 2.05. The molecular weight excluding hydrogens is 372 g/mol. The molecule has 5 nitrogen and oxygen atoms in total. The second-order valence-corrected chi connectivity index (χ2v) is 7.83. The molecule has 2 N–H and O–H groups in total. The van der Waals surface area contributed by atoms with Gasteiger partial charge in [-0.05, 0) is 55.2 Å². The summed E-state index contributed by atoms with van der Waals surface area (Å²) in [6.45, 7) is 2.80. The lowest BCUT2D eigenvalue weighted by molar-refractivity contribution is 0.102. The molecule has 0 aliphatic heterocycles. The van der Waals surface area contributed by atoms with E-state index in [0.29, 0.717) is 18.2 Å². The molecule has 1 aliphatic carbocycles. The van der Waals surface area contributed by atoms with Gasteiger partial charge in [0.25, 0.3) is 5.91 Å². The van der Waals surface area contributed by atoms with Crippen molar-refractivity contribution in [1.29, 1.82) is 0 Å². The van der Waals surface area contributed by atoms with Crippen molar-refractivity contribution in [3.8, 4) is 0 Å². The summed E-state index contributed by atoms with van der Waals surface area (Å²) in [5.74, 6) is 1.27. The quantitative estimate of drug-likeness (QED) is 0.460. The summed E-state index contributed by atoms with van der Waals surface area (Å²) in [6, 6.07) is 22.0. The number of nitrogens with zero attached hydrogens (tertiary/aromatic N) is 2. The monoisotopic (exact) mass is 396 g/mol. The molecule has 5 heteroatoms. The van der Waals surface area contributed by atoms with Crippen LogP contribution in [0.4, 0.5) is 11.4 Å². The smallest absolute Gasteiger partial charge is 0.276 e. The number of anilines is 2. The van der Waals surface area contributed by atoms with Crippen molar-refractivity contribution in [2.45, 2.75) is 32.2 Å². The third-order valence-corrected chi connectivity index (χ3v) is 5.64. The summed E-state index contributed by atoms with van der Waals surface area (Å²) in [4.78, 5) is 17.9. The van der Waals surface area contributed by atoms with Gasteiger partial charge in [-0.25, -0.2) is 4.98 Å². The zero-order chi connectivity index (χ0) is 20.5. The van der Waals surface area contributed by atoms with Crippen LogP contribution in [0.3, 0.4) is 0 Å². The van der Waals surface area contributed by atoms with E-state index in [9.17, 15) is 4.79 Å². The number of imidazole rings is 1. The molecule has 1 aliphatic rings. The Morgan fingerprint density at radius 1 is 1.00 bits per heavy atom. The van der Waals surface area contributed by atoms with Crippen molar-refractivity contribution < 1.29 is 4.79 Å². The highest BCUT2D eigenvalue weighted by Crippen LogP contribution is 2.40. The van der Waals surface area contributed by atoms with Crippen LogP contribution in [-0.2, 0) is 6.54 Å². The second-order valence-electron chi connectivity index (χ2n) is 7.83. The van der Waals surface area contributed by atoms with Crippen molar-refractivity contribution in [2.24, 2.45) is 0 Å². The first-order chi connectivity index (χ1) is 14.7. The van der Waals surface area contributed by atoms with E-state index in [1.165, 1.54) is 11.1 Å². The Labute approximate surface area is 175 Å². The van der Waals surface area contributed by atoms with E-state index in [-0.39, 0.29) is 5.91 Å². The summed E-state index contributed by atoms with van der Waals surface area (Å²) in [5, 5.41) is 6.52. The van der Waals surface area contributed by atoms with Crippen LogP contribution in [0.1, 0.15) is 46.2 Å². The van der Waals surface area contributed by atoms with E-state index in [1.54, 1.807) is 0 Å². The zero-order valence-corrected chi connectivity index (χ0v) is 16.9. The average Bonchev–Trinajstić information content (AvgIpc) is 3.54. The van der Waals surface area contributed by atoms with E-state index in [2.05, 4.69) is 34.1 Å². The van der Waals surface area contributed by atoms with Crippen LogP contribution in [0.5, 0.6) is 0 Å². The largest absolute Gasteiger partial charge is 0.379 e. The van der Waals surface area contributed by atoms with Crippen molar-refractivity contribution in [2.75, 3.05) is 10.6 Å². The topological polar surface area (TPSA) is 58.4 Å². The van der Waals surface area contributed by atoms with Crippen LogP contribution >= 0.6 is 0 Å². The number of benzene rings is 2. The van der Waals surface area contributed by atoms with Crippen LogP contribution in [0, 0.1) is 6.92 Å². The molecule has 1 amide bonds. The van der Waals surface area contributed by atoms with Gasteiger partial charge in [0.15, 0.2) is 5.69 Å². The predicted octanol–water partition coefficient (Wildman–Crippen LogP) is 5.38. The number of pyridine rings is 1. The van der Waals surface area contributed by atoms with E-state index in [4.69, 9.17) is 4.98 Å². The third-order valence-electron chi connectivity index (χ3n) is 5.64. The zero-order valence-electron chi connectivity index (χ0n) is 16.9. The Morgan fingerprint density at radius 2 is 1.73 bits per heavy atom. The number of carbonyl (C=O) groups excluding carboxylic acids is 1. The molecule has 1 fully saturated rings. The fourth-order valence-electron chi connectivity index (χ4n) is 3.78. The highest BCUT2D eigenvalue weighted by Gasteiger charge is 2.30. The minimum Gasteiger partial charge on any atom is -0.379 e. The van der Waals surface area contributed by atoms with Crippen LogP contribution in [0.25, 0.3) is 5.52 Å². The van der Waals surface area contributed by atoms with Gasteiger partial charge in [0.05, 0.1) is 16.9 Å². The standard InChI is InChI=1S/C25H24N4O/c1-17-8-2-3-9-19(17)16-26-20-10-4-5-11-21(20)27-25(30)23-22-12-6-7-15-29(22)24(28-23)18-13-14-18/h2-12,15,18,26H,13-14,16H2,1H3,(H,27,30). The van der Waals surface area contributed by atoms with Crippen molar-refractivity contribution in [3.63, 3.8) is 0 Å². The van der Waals surface area contributed by atoms with Gasteiger partial charge in [0.2, 0.25) is 0 Å². The van der Waals surface area contributed by atoms with Gasteiger partial charge >= 0.3 is 0 Å². The molecule has 2 aromatic carbocycles. The Hall–Kier alpha value is -3.60. The number of nitrogens with one attached hydrogen (secondary N) is 2. The first kappa shape index (κ1) is 18.4. The maximum Gasteiger partial charge on any atom is 0.276 e. The minimum absolute atomic E-state index is 0.184. The number of rotatable bonds is 6. The maximum atomic E-state index is 13.2. The normalized spacial score (nSPS) is 13.4. The molecule has 2 aromatic heterocycles. The molecular formula is C25H24N4O. The Bertz CT molecular complexity index is 1220. The lowest BCUT2D eigenvalue weighted by Crippen LogP contribution is -2.14. The second kappa shape index (κ2) is 7.67. The van der Waals surface area contributed by atoms with Gasteiger partial charge < -0.3 is 15.0 Å². The van der Waals surface area contributed by atoms with E-state index >= 15 is 0 Å². The third kappa shape index (κ3) is 3.54. The summed E-state index contributed by atoms with van der Waals surface area (Å²) in [5.41, 5.74) is 5.44. The molecule has 30 heavy (non-hydrogen) atoms. The minimum atomic E-state index is -0.184. The summed E-state index contributed by atoms with van der Waals surface area (Å²) in [6.07, 6.45) is 4.27. The molecule has 0 unspecified atom stereocenters. The summed E-state index contributed by atoms with van der Waals surface area (Å²) in [7, 11) is 0. The van der Waals surface area contributed by atoms with Crippen LogP contribution < -0.4 is 10.6 Å². The first-order valence-corrected chi connectivity index (χ1v) is 10.4. The van der Waals surface area contributed by atoms with Crippen molar-refractivity contribution in [3.05, 3.63) is 95.6 Å². The van der Waals surface area contributed by atoms with Gasteiger partial charge in [0.1, 0.15) is 5.82 Å². The fourth-order valence-corrected chi connectivity index (χ4v) is 3.78. The molecule has 0 bridgehead atoms. The molecule has 1 saturated carbocycles. The van der Waals surface area contributed by atoms with E-state index in [0.717, 1.165) is 35.6 Å². The Kier molecular flexibility index (Phi) is 4.71. The van der Waals surface area contributed by atoms with Crippen LogP contribution in [0.2, 0.25) is 0 Å². The van der Waals surface area contributed by atoms with E-state index < -0.39 is 0 Å². The lowest BCUT2D eigenvalue weighted by Gasteiger charge is -2.14. The number of para-hydroxylation sites is 2. The van der Waals surface area contributed by atoms with Gasteiger partial charge in [-0.3, -0.25) is 4.79 Å². The predicted molar refractivity (Wildman–Crippen MR) is 120 cm³/mol. The van der Waals surface area contributed by atoms with Crippen molar-refractivity contribution >= 4 is 22.8 Å². The maximum absolute atomic E-state index is 13.2. The Balaban J connectivity index is 1.40. The van der Waals surface area contributed by atoms with Gasteiger partial charge in [-0.2, -0.15) is 0 Å². The van der Waals surface area contributed by atoms with Crippen LogP contribution in [0.15, 0.2) is 72.9 Å². The number of hydrogen-bond donors (Lipinski definition) is 2. The molecule has 5 rings (SSSR count). The fraction of sp³-hybridized carbons (Fsp3) is 0.200. The van der Waals surface area contributed by atoms with Gasteiger partial charge in [0, 0.05) is 18.7 Å². The SMILES string of the molecule is Cc1ccccc1CNc1ccccc1NC(=O)c1nc(C2CC2)n2ccccc12. The number of fused-ring (bicyclic) bond motifs is 1. The molecule has 4 aromatic rings. The number of aryl methyl sites for hydroxylation is 1. The number of amides is 1. The first-order valence-electron chi connectivity index (χ1n) is 10.4. The lowest BCUT2D eigenvalue weighted by atomic mass is 10.1. The van der Waals surface area contributed by atoms with Gasteiger partial charge in [-0.1, -0.05) is 42.5 Å². The molecule has 0 radical (unpaired) electrons. The average molecular weight is 396 g/mol. The molecule has 2 heterocycles. The number of aromatic nitrogens is 2.